The van der Waals surface area contributed by atoms with Crippen LogP contribution in [0.15, 0.2) is 42.6 Å². The minimum Gasteiger partial charge on any atom is -0.453 e. The summed E-state index contributed by atoms with van der Waals surface area (Å²) < 4.78 is 9.51. The van der Waals surface area contributed by atoms with Crippen LogP contribution in [0.25, 0.3) is 27.7 Å². The minimum absolute atomic E-state index is 0.0988. The normalized spacial score (nSPS) is 18.5. The van der Waals surface area contributed by atoms with E-state index in [2.05, 4.69) is 62.0 Å². The van der Waals surface area contributed by atoms with Crippen molar-refractivity contribution in [1.82, 2.24) is 40.4 Å². The molecule has 54 heavy (non-hydrogen) atoms. The summed E-state index contributed by atoms with van der Waals surface area (Å²) in [5.41, 5.74) is 3.78. The molecule has 2 saturated heterocycles. The third kappa shape index (κ3) is 8.46. The van der Waals surface area contributed by atoms with Crippen LogP contribution in [-0.4, -0.2) is 93.1 Å². The van der Waals surface area contributed by atoms with Crippen molar-refractivity contribution in [1.29, 1.82) is 0 Å². The Kier molecular flexibility index (Phi) is 12.0. The average Bonchev–Trinajstić information content (AvgIpc) is 4.00. The fraction of sp³-hybridized carbons (Fsp3) is 0.487. The Morgan fingerprint density at radius 3 is 2.07 bits per heavy atom. The van der Waals surface area contributed by atoms with Crippen molar-refractivity contribution in [2.45, 2.75) is 84.0 Å². The van der Waals surface area contributed by atoms with Crippen LogP contribution in [0.1, 0.15) is 87.6 Å². The molecule has 15 heteroatoms. The molecule has 5 heterocycles. The molecule has 4 N–H and O–H groups in total. The van der Waals surface area contributed by atoms with Gasteiger partial charge in [0.1, 0.15) is 23.7 Å². The molecule has 2 fully saturated rings. The van der Waals surface area contributed by atoms with Crippen LogP contribution in [0, 0.1) is 11.8 Å². The quantitative estimate of drug-likeness (QED) is 0.129. The SMILES string of the molecule is COC(=O)N[C@H](C(=O)N1CCC[C@H]1c1ncc(-c2ccc(C=CCc3ccc4nc([C@@H]5CCCN5C(=O)[C@@H](NC(=O)OC)C(C)C)[nH]c4c3)s2)[nH]1)C(C)C. The van der Waals surface area contributed by atoms with E-state index in [1.165, 1.54) is 14.2 Å². The van der Waals surface area contributed by atoms with Gasteiger partial charge in [-0.25, -0.2) is 19.6 Å². The molecule has 0 unspecified atom stereocenters. The lowest BCUT2D eigenvalue weighted by molar-refractivity contribution is -0.136. The number of ether oxygens (including phenoxy) is 2. The molecule has 1 aromatic carbocycles. The predicted molar refractivity (Wildman–Crippen MR) is 206 cm³/mol. The smallest absolute Gasteiger partial charge is 0.407 e. The number of aromatic nitrogens is 4. The fourth-order valence-corrected chi connectivity index (χ4v) is 8.18. The molecule has 6 rings (SSSR count). The number of fused-ring (bicyclic) bond motifs is 1. The maximum atomic E-state index is 13.5. The molecule has 0 radical (unpaired) electrons. The molecule has 2 aliphatic heterocycles. The zero-order valence-electron chi connectivity index (χ0n) is 31.7. The second-order valence-electron chi connectivity index (χ2n) is 14.6. The van der Waals surface area contributed by atoms with E-state index in [9.17, 15) is 19.2 Å². The molecule has 2 aliphatic rings. The Bertz CT molecular complexity index is 2000. The van der Waals surface area contributed by atoms with E-state index >= 15 is 0 Å². The van der Waals surface area contributed by atoms with Crippen molar-refractivity contribution in [2.75, 3.05) is 27.3 Å². The van der Waals surface area contributed by atoms with Gasteiger partial charge in [-0.15, -0.1) is 11.3 Å². The first-order chi connectivity index (χ1) is 26.0. The van der Waals surface area contributed by atoms with Gasteiger partial charge in [0.25, 0.3) is 0 Å². The van der Waals surface area contributed by atoms with E-state index in [4.69, 9.17) is 14.5 Å². The highest BCUT2D eigenvalue weighted by Crippen LogP contribution is 2.35. The highest BCUT2D eigenvalue weighted by Gasteiger charge is 2.39. The Morgan fingerprint density at radius 2 is 1.48 bits per heavy atom. The van der Waals surface area contributed by atoms with Gasteiger partial charge >= 0.3 is 12.2 Å². The number of alkyl carbamates (subject to hydrolysis) is 2. The van der Waals surface area contributed by atoms with Crippen molar-refractivity contribution >= 4 is 52.4 Å². The summed E-state index contributed by atoms with van der Waals surface area (Å²) in [6.07, 6.45) is 8.85. The number of amides is 4. The average molecular weight is 759 g/mol. The van der Waals surface area contributed by atoms with E-state index in [-0.39, 0.29) is 35.7 Å². The molecule has 4 amide bonds. The third-order valence-corrected chi connectivity index (χ3v) is 11.3. The number of aromatic amines is 2. The molecular formula is C39H50N8O6S. The number of H-pyrrole nitrogens is 2. The van der Waals surface area contributed by atoms with Gasteiger partial charge in [0, 0.05) is 18.0 Å². The fourth-order valence-electron chi connectivity index (χ4n) is 7.28. The van der Waals surface area contributed by atoms with Crippen molar-refractivity contribution < 1.29 is 28.7 Å². The van der Waals surface area contributed by atoms with Crippen LogP contribution in [0.2, 0.25) is 0 Å². The lowest BCUT2D eigenvalue weighted by Crippen LogP contribution is -2.51. The van der Waals surface area contributed by atoms with Crippen molar-refractivity contribution in [3.63, 3.8) is 0 Å². The summed E-state index contributed by atoms with van der Waals surface area (Å²) in [6, 6.07) is 8.58. The zero-order valence-corrected chi connectivity index (χ0v) is 32.5. The lowest BCUT2D eigenvalue weighted by Gasteiger charge is -2.30. The maximum absolute atomic E-state index is 13.5. The van der Waals surface area contributed by atoms with E-state index in [1.807, 2.05) is 49.8 Å². The van der Waals surface area contributed by atoms with Crippen LogP contribution in [-0.2, 0) is 25.5 Å². The first-order valence-corrected chi connectivity index (χ1v) is 19.4. The Balaban J connectivity index is 1.08. The molecule has 4 aromatic rings. The first kappa shape index (κ1) is 38.5. The highest BCUT2D eigenvalue weighted by atomic mass is 32.1. The molecular weight excluding hydrogens is 709 g/mol. The number of carbonyl (C=O) groups is 4. The molecule has 0 bridgehead atoms. The highest BCUT2D eigenvalue weighted by molar-refractivity contribution is 7.16. The topological polar surface area (TPSA) is 175 Å². The molecule has 0 spiro atoms. The van der Waals surface area contributed by atoms with E-state index in [0.29, 0.717) is 13.1 Å². The number of nitrogens with zero attached hydrogens (tertiary/aromatic N) is 4. The number of methoxy groups -OCH3 is 2. The Morgan fingerprint density at radius 1 is 0.870 bits per heavy atom. The number of thiophene rings is 1. The van der Waals surface area contributed by atoms with E-state index in [0.717, 1.165) is 75.8 Å². The van der Waals surface area contributed by atoms with E-state index < -0.39 is 24.3 Å². The standard InChI is InChI=1S/C39H50N8O6S/c1-22(2)32(44-38(50)52-5)36(48)46-18-8-12-29(46)34-40-21-28(43-34)31-17-15-25(54-31)11-7-10-24-14-16-26-27(20-24)42-35(41-26)30-13-9-19-47(30)37(49)33(23(3)4)45-39(51)53-6/h7,11,14-17,20-23,29-30,32-33H,8-10,12-13,18-19H2,1-6H3,(H,40,43)(H,41,42)(H,44,50)(H,45,51)/t29-,30-,32-,33-/m0/s1. The van der Waals surface area contributed by atoms with Gasteiger partial charge in [0.2, 0.25) is 11.8 Å². The molecule has 4 atom stereocenters. The van der Waals surface area contributed by atoms with Gasteiger partial charge in [-0.3, -0.25) is 9.59 Å². The van der Waals surface area contributed by atoms with Gasteiger partial charge in [-0.05, 0) is 79.8 Å². The van der Waals surface area contributed by atoms with Crippen LogP contribution in [0.3, 0.4) is 0 Å². The van der Waals surface area contributed by atoms with Gasteiger partial charge in [-0.2, -0.15) is 0 Å². The number of rotatable bonds is 12. The summed E-state index contributed by atoms with van der Waals surface area (Å²) >= 11 is 1.65. The molecule has 0 saturated carbocycles. The van der Waals surface area contributed by atoms with Gasteiger partial charge in [0.15, 0.2) is 0 Å². The van der Waals surface area contributed by atoms with Crippen molar-refractivity contribution in [3.8, 4) is 10.6 Å². The van der Waals surface area contributed by atoms with Crippen LogP contribution in [0.4, 0.5) is 9.59 Å². The monoisotopic (exact) mass is 758 g/mol. The number of hydrogen-bond donors (Lipinski definition) is 4. The second kappa shape index (κ2) is 16.9. The summed E-state index contributed by atoms with van der Waals surface area (Å²) in [4.78, 5) is 73.1. The number of hydrogen-bond acceptors (Lipinski definition) is 9. The maximum Gasteiger partial charge on any atom is 0.407 e. The number of nitrogens with one attached hydrogen (secondary N) is 4. The minimum atomic E-state index is -0.681. The summed E-state index contributed by atoms with van der Waals surface area (Å²) in [6.45, 7) is 8.82. The lowest BCUT2D eigenvalue weighted by atomic mass is 10.0. The molecule has 3 aromatic heterocycles. The van der Waals surface area contributed by atoms with Gasteiger partial charge in [0.05, 0.1) is 54.1 Å². The number of likely N-dealkylation sites (tertiary alicyclic amines) is 2. The van der Waals surface area contributed by atoms with Gasteiger partial charge in [-0.1, -0.05) is 39.8 Å². The largest absolute Gasteiger partial charge is 0.453 e. The van der Waals surface area contributed by atoms with E-state index in [1.54, 1.807) is 11.3 Å². The number of imidazole rings is 2. The van der Waals surface area contributed by atoms with Crippen LogP contribution in [0.5, 0.6) is 0 Å². The number of allylic oxidation sites excluding steroid dienone is 1. The summed E-state index contributed by atoms with van der Waals surface area (Å²) in [5.74, 6) is 1.02. The molecule has 14 nitrogen and oxygen atoms in total. The predicted octanol–water partition coefficient (Wildman–Crippen LogP) is 6.36. The van der Waals surface area contributed by atoms with Crippen molar-refractivity contribution in [3.05, 3.63) is 64.7 Å². The van der Waals surface area contributed by atoms with Gasteiger partial charge < -0.3 is 39.9 Å². The third-order valence-electron chi connectivity index (χ3n) is 10.2. The Hall–Kier alpha value is -5.18. The molecule has 288 valence electrons. The first-order valence-electron chi connectivity index (χ1n) is 18.6. The number of benzene rings is 1. The zero-order chi connectivity index (χ0) is 38.5. The van der Waals surface area contributed by atoms with Crippen LogP contribution < -0.4 is 10.6 Å². The van der Waals surface area contributed by atoms with Crippen molar-refractivity contribution in [2.24, 2.45) is 11.8 Å². The summed E-state index contributed by atoms with van der Waals surface area (Å²) in [7, 11) is 2.58. The number of carbonyl (C=O) groups excluding carboxylic acids is 4. The Labute approximate surface area is 319 Å². The summed E-state index contributed by atoms with van der Waals surface area (Å²) in [5, 5.41) is 5.39. The second-order valence-corrected chi connectivity index (χ2v) is 15.7. The van der Waals surface area contributed by atoms with Crippen LogP contribution >= 0.6 is 11.3 Å². The molecule has 0 aliphatic carbocycles.